The molecule has 1 aromatic rings. The topological polar surface area (TPSA) is 343 Å². The largest absolute Gasteiger partial charge is 0.394 e. The molecule has 1 saturated carbocycles. The van der Waals surface area contributed by atoms with Gasteiger partial charge in [0.2, 0.25) is 11.8 Å². The van der Waals surface area contributed by atoms with E-state index in [1.54, 1.807) is 37.3 Å². The first-order chi connectivity index (χ1) is 23.2. The van der Waals surface area contributed by atoms with Crippen molar-refractivity contribution >= 4 is 17.8 Å². The summed E-state index contributed by atoms with van der Waals surface area (Å²) in [5, 5.41) is 55.0. The van der Waals surface area contributed by atoms with Crippen LogP contribution in [0.4, 0.5) is 4.79 Å². The Morgan fingerprint density at radius 3 is 1.88 bits per heavy atom. The molecule has 1 aromatic carbocycles. The molecule has 17 N–H and O–H groups in total. The van der Waals surface area contributed by atoms with Gasteiger partial charge >= 0.3 is 6.03 Å². The molecule has 14 atom stereocenters. The lowest BCUT2D eigenvalue weighted by Gasteiger charge is -2.47. The van der Waals surface area contributed by atoms with E-state index in [2.05, 4.69) is 10.6 Å². The van der Waals surface area contributed by atoms with E-state index in [-0.39, 0.29) is 19.4 Å². The Labute approximate surface area is 282 Å². The Balaban J connectivity index is 0.000000266. The average Bonchev–Trinajstić information content (AvgIpc) is 3.06. The Morgan fingerprint density at radius 1 is 0.796 bits per heavy atom. The number of urea groups is 1. The average molecular weight is 700 g/mol. The maximum atomic E-state index is 12.0. The van der Waals surface area contributed by atoms with Crippen molar-refractivity contribution in [2.75, 3.05) is 13.2 Å². The van der Waals surface area contributed by atoms with Crippen molar-refractivity contribution in [1.29, 1.82) is 0 Å². The number of imide groups is 2. The summed E-state index contributed by atoms with van der Waals surface area (Å²) in [5.41, 5.74) is 29.0. The quantitative estimate of drug-likeness (QED) is 0.113. The van der Waals surface area contributed by atoms with Gasteiger partial charge in [0.1, 0.15) is 36.6 Å². The summed E-state index contributed by atoms with van der Waals surface area (Å²) >= 11 is 0. The molecule has 0 bridgehead atoms. The number of benzene rings is 1. The fourth-order valence-corrected chi connectivity index (χ4v) is 6.49. The Morgan fingerprint density at radius 2 is 1.35 bits per heavy atom. The number of amides is 4. The highest BCUT2D eigenvalue weighted by Gasteiger charge is 2.51. The van der Waals surface area contributed by atoms with Gasteiger partial charge in [-0.1, -0.05) is 37.3 Å². The standard InChI is InChI=1S/C18H37N5O9.C12H12N2O3/c19-3-9-8(25)2-7(22)17(29-9)31-15-5(20)1-6(21)16(14(15)28)32-18-13(27)11(23)12(26)10(4-24)30-18;1-2-12(8-6-4-3-5-7-8)9(15)13-11(17)14-10(12)16/h5-18,24-28H,1-4,19-23H2;3-7H,2H2,1H3,(H2,13,14,15,16,17)/t5-,6+,7+,8-,9+,10+,11-,12+,13+,14-,15+,16-,17+,18+;/m0./s1. The fraction of sp³-hybridized carbons (Fsp3) is 0.700. The number of carbonyl (C=O) groups excluding carboxylic acids is 3. The normalized spacial score (nSPS) is 40.8. The van der Waals surface area contributed by atoms with Gasteiger partial charge in [0.05, 0.1) is 30.9 Å². The monoisotopic (exact) mass is 699 g/mol. The van der Waals surface area contributed by atoms with E-state index < -0.39 is 115 Å². The van der Waals surface area contributed by atoms with Gasteiger partial charge in [-0.15, -0.1) is 0 Å². The predicted octanol–water partition coefficient (Wildman–Crippen LogP) is -5.60. The van der Waals surface area contributed by atoms with Gasteiger partial charge in [-0.05, 0) is 24.8 Å². The number of carbonyl (C=O) groups is 3. The van der Waals surface area contributed by atoms with E-state index in [4.69, 9.17) is 47.6 Å². The molecule has 49 heavy (non-hydrogen) atoms. The van der Waals surface area contributed by atoms with E-state index in [0.29, 0.717) is 12.0 Å². The molecule has 0 aromatic heterocycles. The van der Waals surface area contributed by atoms with Crippen LogP contribution in [0.5, 0.6) is 0 Å². The maximum Gasteiger partial charge on any atom is 0.328 e. The number of nitrogens with two attached hydrogens (primary N) is 5. The van der Waals surface area contributed by atoms with E-state index in [0.717, 1.165) is 0 Å². The summed E-state index contributed by atoms with van der Waals surface area (Å²) in [7, 11) is 0. The molecule has 3 heterocycles. The number of ether oxygens (including phenoxy) is 4. The number of rotatable bonds is 8. The SMILES string of the molecule is CCC1(c2ccccc2)C(=O)NC(=O)NC1=O.NC[C@H]1O[C@H](O[C@H]2[C@H](O)[C@@H](O[C@H]3O[C@H](CO)[C@@H](O)[C@H](N)[C@H]3O)[C@H](N)C[C@@H]2N)[C@H](N)C[C@@H]1O. The molecule has 0 spiro atoms. The van der Waals surface area contributed by atoms with Crippen LogP contribution in [0.15, 0.2) is 30.3 Å². The van der Waals surface area contributed by atoms with Crippen molar-refractivity contribution in [3.05, 3.63) is 35.9 Å². The van der Waals surface area contributed by atoms with Gasteiger partial charge in [-0.25, -0.2) is 4.79 Å². The molecule has 4 fully saturated rings. The Bertz CT molecular complexity index is 1260. The molecule has 4 aliphatic rings. The molecule has 5 rings (SSSR count). The molecule has 4 amide bonds. The number of aliphatic hydroxyl groups excluding tert-OH is 5. The van der Waals surface area contributed by atoms with Crippen molar-refractivity contribution in [3.63, 3.8) is 0 Å². The van der Waals surface area contributed by atoms with Gasteiger partial charge in [0.15, 0.2) is 18.0 Å². The van der Waals surface area contributed by atoms with Crippen molar-refractivity contribution < 1.29 is 58.9 Å². The summed E-state index contributed by atoms with van der Waals surface area (Å²) in [6, 6.07) is 4.69. The third-order valence-electron chi connectivity index (χ3n) is 9.44. The molecular weight excluding hydrogens is 650 g/mol. The van der Waals surface area contributed by atoms with Gasteiger partial charge in [0.25, 0.3) is 0 Å². The first-order valence-corrected chi connectivity index (χ1v) is 16.1. The second-order valence-electron chi connectivity index (χ2n) is 12.6. The predicted molar refractivity (Wildman–Crippen MR) is 168 cm³/mol. The summed E-state index contributed by atoms with van der Waals surface area (Å²) in [6.07, 6.45) is -10.5. The lowest BCUT2D eigenvalue weighted by atomic mass is 9.75. The number of barbiturate groups is 1. The number of hydrogen-bond donors (Lipinski definition) is 12. The molecule has 19 heteroatoms. The third kappa shape index (κ3) is 8.10. The molecule has 0 unspecified atom stereocenters. The molecule has 276 valence electrons. The van der Waals surface area contributed by atoms with Gasteiger partial charge < -0.3 is 73.1 Å². The minimum Gasteiger partial charge on any atom is -0.394 e. The van der Waals surface area contributed by atoms with Crippen LogP contribution in [0, 0.1) is 0 Å². The van der Waals surface area contributed by atoms with Crippen LogP contribution in [0.25, 0.3) is 0 Å². The van der Waals surface area contributed by atoms with Crippen LogP contribution in [-0.2, 0) is 34.0 Å². The van der Waals surface area contributed by atoms with Gasteiger partial charge in [-0.3, -0.25) is 20.2 Å². The van der Waals surface area contributed by atoms with E-state index >= 15 is 0 Å². The zero-order chi connectivity index (χ0) is 36.2. The molecule has 3 aliphatic heterocycles. The Kier molecular flexibility index (Phi) is 13.2. The second-order valence-corrected chi connectivity index (χ2v) is 12.6. The Hall–Kier alpha value is -2.73. The highest BCUT2D eigenvalue weighted by Crippen LogP contribution is 2.32. The van der Waals surface area contributed by atoms with Crippen LogP contribution in [0.3, 0.4) is 0 Å². The highest BCUT2D eigenvalue weighted by molar-refractivity contribution is 6.22. The number of nitrogens with one attached hydrogen (secondary N) is 2. The van der Waals surface area contributed by atoms with Crippen LogP contribution < -0.4 is 39.3 Å². The molecule has 0 radical (unpaired) electrons. The lowest BCUT2D eigenvalue weighted by Crippen LogP contribution is -2.68. The van der Waals surface area contributed by atoms with Gasteiger partial charge in [-0.2, -0.15) is 0 Å². The van der Waals surface area contributed by atoms with Gasteiger partial charge in [0, 0.05) is 18.6 Å². The fourth-order valence-electron chi connectivity index (χ4n) is 6.49. The van der Waals surface area contributed by atoms with Crippen molar-refractivity contribution in [1.82, 2.24) is 10.6 Å². The highest BCUT2D eigenvalue weighted by atomic mass is 16.7. The van der Waals surface area contributed by atoms with Crippen LogP contribution >= 0.6 is 0 Å². The van der Waals surface area contributed by atoms with E-state index in [1.807, 2.05) is 0 Å². The molecular formula is C30H49N7O12. The minimum absolute atomic E-state index is 0.0542. The van der Waals surface area contributed by atoms with Crippen LogP contribution in [-0.4, -0.2) is 142 Å². The zero-order valence-electron chi connectivity index (χ0n) is 27.0. The first kappa shape index (κ1) is 39.1. The minimum atomic E-state index is -1.44. The summed E-state index contributed by atoms with van der Waals surface area (Å²) < 4.78 is 22.7. The molecule has 19 nitrogen and oxygen atoms in total. The van der Waals surface area contributed by atoms with E-state index in [1.165, 1.54) is 0 Å². The number of hydrogen-bond acceptors (Lipinski definition) is 17. The van der Waals surface area contributed by atoms with Crippen LogP contribution in [0.1, 0.15) is 31.7 Å². The lowest BCUT2D eigenvalue weighted by molar-refractivity contribution is -0.314. The first-order valence-electron chi connectivity index (χ1n) is 16.1. The zero-order valence-corrected chi connectivity index (χ0v) is 27.0. The smallest absolute Gasteiger partial charge is 0.328 e. The molecule has 1 aliphatic carbocycles. The molecule has 3 saturated heterocycles. The summed E-state index contributed by atoms with van der Waals surface area (Å²) in [5.74, 6) is -1.14. The maximum absolute atomic E-state index is 12.0. The second kappa shape index (κ2) is 16.5. The van der Waals surface area contributed by atoms with Crippen LogP contribution in [0.2, 0.25) is 0 Å². The van der Waals surface area contributed by atoms with Crippen molar-refractivity contribution in [3.8, 4) is 0 Å². The van der Waals surface area contributed by atoms with E-state index in [9.17, 15) is 39.9 Å². The van der Waals surface area contributed by atoms with Crippen molar-refractivity contribution in [2.24, 2.45) is 28.7 Å². The number of aliphatic hydroxyl groups is 5. The van der Waals surface area contributed by atoms with Crippen molar-refractivity contribution in [2.45, 2.75) is 117 Å². The summed E-state index contributed by atoms with van der Waals surface area (Å²) in [6.45, 7) is 1.24. The third-order valence-corrected chi connectivity index (χ3v) is 9.44. The summed E-state index contributed by atoms with van der Waals surface area (Å²) in [4.78, 5) is 35.0.